The Labute approximate surface area is 89.0 Å². The largest absolute Gasteiger partial charge is 0.469 e. The van der Waals surface area contributed by atoms with E-state index in [0.717, 1.165) is 43.6 Å². The zero-order valence-corrected chi connectivity index (χ0v) is 8.74. The van der Waals surface area contributed by atoms with Gasteiger partial charge in [0.1, 0.15) is 5.76 Å². The number of hydrogen-bond acceptors (Lipinski definition) is 3. The minimum absolute atomic E-state index is 0.245. The molecule has 0 aromatic carbocycles. The second-order valence-electron chi connectivity index (χ2n) is 4.60. The van der Waals surface area contributed by atoms with E-state index in [9.17, 15) is 5.11 Å². The third-order valence-corrected chi connectivity index (χ3v) is 3.78. The first kappa shape index (κ1) is 9.43. The summed E-state index contributed by atoms with van der Waals surface area (Å²) in [4.78, 5) is 0. The molecule has 1 aromatic heterocycles. The summed E-state index contributed by atoms with van der Waals surface area (Å²) >= 11 is 0. The van der Waals surface area contributed by atoms with Crippen LogP contribution in [-0.4, -0.2) is 18.3 Å². The molecule has 0 spiro atoms. The van der Waals surface area contributed by atoms with Gasteiger partial charge >= 0.3 is 0 Å². The second kappa shape index (κ2) is 3.35. The van der Waals surface area contributed by atoms with Crippen molar-refractivity contribution in [2.45, 2.75) is 31.3 Å². The van der Waals surface area contributed by atoms with E-state index in [1.54, 1.807) is 6.26 Å². The van der Waals surface area contributed by atoms with Crippen molar-refractivity contribution < 1.29 is 14.3 Å². The first-order valence-electron chi connectivity index (χ1n) is 5.68. The summed E-state index contributed by atoms with van der Waals surface area (Å²) in [5, 5.41) is 10.8. The summed E-state index contributed by atoms with van der Waals surface area (Å²) in [5.74, 6) is 1.21. The van der Waals surface area contributed by atoms with Crippen LogP contribution in [-0.2, 0) is 16.8 Å². The Morgan fingerprint density at radius 3 is 3.20 bits per heavy atom. The van der Waals surface area contributed by atoms with Crippen LogP contribution in [0.5, 0.6) is 0 Å². The van der Waals surface area contributed by atoms with Gasteiger partial charge in [-0.05, 0) is 25.3 Å². The van der Waals surface area contributed by atoms with Crippen LogP contribution >= 0.6 is 0 Å². The molecule has 15 heavy (non-hydrogen) atoms. The Balaban J connectivity index is 1.99. The van der Waals surface area contributed by atoms with Crippen molar-refractivity contribution in [3.63, 3.8) is 0 Å². The Kier molecular flexibility index (Phi) is 2.11. The SMILES string of the molecule is OC1(C2CCOC2)CCCc2occc21. The maximum atomic E-state index is 10.8. The number of ether oxygens (including phenoxy) is 1. The minimum Gasteiger partial charge on any atom is -0.469 e. The molecule has 1 N–H and O–H groups in total. The van der Waals surface area contributed by atoms with Gasteiger partial charge in [0, 0.05) is 24.5 Å². The molecule has 2 atom stereocenters. The summed E-state index contributed by atoms with van der Waals surface area (Å²) in [5.41, 5.74) is 0.307. The minimum atomic E-state index is -0.697. The topological polar surface area (TPSA) is 42.6 Å². The summed E-state index contributed by atoms with van der Waals surface area (Å²) in [6.45, 7) is 1.46. The fourth-order valence-corrected chi connectivity index (χ4v) is 2.91. The predicted molar refractivity (Wildman–Crippen MR) is 54.5 cm³/mol. The lowest BCUT2D eigenvalue weighted by atomic mass is 9.74. The summed E-state index contributed by atoms with van der Waals surface area (Å²) in [7, 11) is 0. The fourth-order valence-electron chi connectivity index (χ4n) is 2.91. The van der Waals surface area contributed by atoms with Gasteiger partial charge in [-0.1, -0.05) is 0 Å². The van der Waals surface area contributed by atoms with Crippen molar-refractivity contribution in [2.75, 3.05) is 13.2 Å². The number of aliphatic hydroxyl groups is 1. The maximum Gasteiger partial charge on any atom is 0.109 e. The molecule has 3 rings (SSSR count). The van der Waals surface area contributed by atoms with Crippen molar-refractivity contribution in [1.82, 2.24) is 0 Å². The molecule has 1 aliphatic carbocycles. The van der Waals surface area contributed by atoms with Crippen molar-refractivity contribution in [2.24, 2.45) is 5.92 Å². The molecule has 0 bridgehead atoms. The first-order chi connectivity index (χ1) is 7.31. The number of fused-ring (bicyclic) bond motifs is 1. The average molecular weight is 208 g/mol. The lowest BCUT2D eigenvalue weighted by Gasteiger charge is -2.36. The highest BCUT2D eigenvalue weighted by atomic mass is 16.5. The van der Waals surface area contributed by atoms with E-state index in [1.165, 1.54) is 0 Å². The van der Waals surface area contributed by atoms with Gasteiger partial charge in [0.15, 0.2) is 0 Å². The van der Waals surface area contributed by atoms with Crippen molar-refractivity contribution in [3.05, 3.63) is 23.7 Å². The van der Waals surface area contributed by atoms with E-state index in [1.807, 2.05) is 6.07 Å². The number of hydrogen-bond donors (Lipinski definition) is 1. The number of rotatable bonds is 1. The van der Waals surface area contributed by atoms with E-state index in [4.69, 9.17) is 9.15 Å². The normalized spacial score (nSPS) is 35.4. The number of aryl methyl sites for hydroxylation is 1. The molecule has 0 radical (unpaired) electrons. The third kappa shape index (κ3) is 1.34. The summed E-state index contributed by atoms with van der Waals surface area (Å²) < 4.78 is 10.8. The summed E-state index contributed by atoms with van der Waals surface area (Å²) in [6.07, 6.45) is 5.46. The summed E-state index contributed by atoms with van der Waals surface area (Å²) in [6, 6.07) is 1.92. The quantitative estimate of drug-likeness (QED) is 0.765. The van der Waals surface area contributed by atoms with Crippen LogP contribution in [0.4, 0.5) is 0 Å². The highest BCUT2D eigenvalue weighted by Gasteiger charge is 2.44. The molecule has 1 aliphatic heterocycles. The standard InChI is InChI=1S/C12H16O3/c13-12(9-3-6-14-8-9)5-1-2-11-10(12)4-7-15-11/h4,7,9,13H,1-3,5-6,8H2. The van der Waals surface area contributed by atoms with Crippen LogP contribution in [0, 0.1) is 5.92 Å². The molecular formula is C12H16O3. The van der Waals surface area contributed by atoms with Crippen LogP contribution in [0.25, 0.3) is 0 Å². The Morgan fingerprint density at radius 2 is 2.40 bits per heavy atom. The molecule has 1 aromatic rings. The van der Waals surface area contributed by atoms with Gasteiger partial charge in [0.25, 0.3) is 0 Å². The van der Waals surface area contributed by atoms with Gasteiger partial charge in [0.2, 0.25) is 0 Å². The third-order valence-electron chi connectivity index (χ3n) is 3.78. The van der Waals surface area contributed by atoms with Crippen molar-refractivity contribution >= 4 is 0 Å². The zero-order chi connectivity index (χ0) is 10.3. The molecule has 2 aliphatic rings. The first-order valence-corrected chi connectivity index (χ1v) is 5.68. The van der Waals surface area contributed by atoms with Crippen LogP contribution in [0.3, 0.4) is 0 Å². The van der Waals surface area contributed by atoms with E-state index in [-0.39, 0.29) is 5.92 Å². The van der Waals surface area contributed by atoms with Crippen LogP contribution in [0.15, 0.2) is 16.7 Å². The van der Waals surface area contributed by atoms with Gasteiger partial charge in [-0.2, -0.15) is 0 Å². The van der Waals surface area contributed by atoms with Crippen LogP contribution in [0.2, 0.25) is 0 Å². The molecule has 3 heteroatoms. The molecule has 2 unspecified atom stereocenters. The van der Waals surface area contributed by atoms with Crippen LogP contribution < -0.4 is 0 Å². The molecule has 2 heterocycles. The molecule has 1 saturated heterocycles. The Bertz CT molecular complexity index is 352. The smallest absolute Gasteiger partial charge is 0.109 e. The van der Waals surface area contributed by atoms with Crippen molar-refractivity contribution in [1.29, 1.82) is 0 Å². The van der Waals surface area contributed by atoms with Gasteiger partial charge < -0.3 is 14.3 Å². The Morgan fingerprint density at radius 1 is 1.47 bits per heavy atom. The van der Waals surface area contributed by atoms with E-state index in [0.29, 0.717) is 6.61 Å². The lowest BCUT2D eigenvalue weighted by molar-refractivity contribution is -0.0431. The van der Waals surface area contributed by atoms with E-state index in [2.05, 4.69) is 0 Å². The molecule has 0 saturated carbocycles. The van der Waals surface area contributed by atoms with Crippen LogP contribution in [0.1, 0.15) is 30.6 Å². The fraction of sp³-hybridized carbons (Fsp3) is 0.667. The lowest BCUT2D eigenvalue weighted by Crippen LogP contribution is -2.38. The molecular weight excluding hydrogens is 192 g/mol. The van der Waals surface area contributed by atoms with E-state index >= 15 is 0 Å². The van der Waals surface area contributed by atoms with E-state index < -0.39 is 5.60 Å². The average Bonchev–Trinajstić information content (AvgIpc) is 2.89. The maximum absolute atomic E-state index is 10.8. The Hall–Kier alpha value is -0.800. The number of furan rings is 1. The highest BCUT2D eigenvalue weighted by molar-refractivity contribution is 5.28. The molecule has 3 nitrogen and oxygen atoms in total. The molecule has 82 valence electrons. The molecule has 1 fully saturated rings. The monoisotopic (exact) mass is 208 g/mol. The highest BCUT2D eigenvalue weighted by Crippen LogP contribution is 2.44. The van der Waals surface area contributed by atoms with Gasteiger partial charge in [-0.15, -0.1) is 0 Å². The molecule has 0 amide bonds. The van der Waals surface area contributed by atoms with Gasteiger partial charge in [-0.25, -0.2) is 0 Å². The van der Waals surface area contributed by atoms with Gasteiger partial charge in [0.05, 0.1) is 18.5 Å². The van der Waals surface area contributed by atoms with Crippen molar-refractivity contribution in [3.8, 4) is 0 Å². The predicted octanol–water partition coefficient (Wildman–Crippen LogP) is 1.84. The zero-order valence-electron chi connectivity index (χ0n) is 8.74. The second-order valence-corrected chi connectivity index (χ2v) is 4.60. The van der Waals surface area contributed by atoms with Gasteiger partial charge in [-0.3, -0.25) is 0 Å².